The molecule has 0 aliphatic heterocycles. The van der Waals surface area contributed by atoms with Crippen LogP contribution in [0.5, 0.6) is 0 Å². The second-order valence-electron chi connectivity index (χ2n) is 5.55. The molecule has 26 heavy (non-hydrogen) atoms. The second-order valence-corrected chi connectivity index (χ2v) is 5.91. The maximum absolute atomic E-state index is 13.1. The Labute approximate surface area is 153 Å². The van der Waals surface area contributed by atoms with Crippen molar-refractivity contribution in [3.63, 3.8) is 0 Å². The smallest absolute Gasteiger partial charge is 0.331 e. The maximum Gasteiger partial charge on any atom is 0.331 e. The van der Waals surface area contributed by atoms with Crippen LogP contribution in [0.3, 0.4) is 0 Å². The average Bonchev–Trinajstić information content (AvgIpc) is 3.15. The molecule has 0 unspecified atom stereocenters. The summed E-state index contributed by atoms with van der Waals surface area (Å²) >= 11 is 6.34. The molecule has 134 valence electrons. The van der Waals surface area contributed by atoms with E-state index >= 15 is 0 Å². The van der Waals surface area contributed by atoms with Gasteiger partial charge in [0.15, 0.2) is 12.4 Å². The molecule has 2 aromatic heterocycles. The first kappa shape index (κ1) is 17.9. The van der Waals surface area contributed by atoms with Gasteiger partial charge >= 0.3 is 5.97 Å². The highest BCUT2D eigenvalue weighted by molar-refractivity contribution is 6.31. The van der Waals surface area contributed by atoms with Crippen molar-refractivity contribution in [2.24, 2.45) is 0 Å². The third-order valence-electron chi connectivity index (χ3n) is 3.54. The fourth-order valence-electron chi connectivity index (χ4n) is 2.28. The number of benzene rings is 1. The molecular weight excluding hydrogens is 361 g/mol. The van der Waals surface area contributed by atoms with E-state index in [4.69, 9.17) is 20.9 Å². The van der Waals surface area contributed by atoms with Crippen molar-refractivity contribution in [3.05, 3.63) is 70.1 Å². The molecule has 0 saturated heterocycles. The van der Waals surface area contributed by atoms with Crippen LogP contribution in [0.4, 0.5) is 4.39 Å². The highest BCUT2D eigenvalue weighted by Crippen LogP contribution is 2.25. The number of esters is 1. The molecule has 0 radical (unpaired) electrons. The highest BCUT2D eigenvalue weighted by Gasteiger charge is 2.13. The second kappa shape index (κ2) is 7.53. The Kier molecular flexibility index (Phi) is 5.18. The lowest BCUT2D eigenvalue weighted by Gasteiger charge is -2.02. The van der Waals surface area contributed by atoms with Gasteiger partial charge in [0, 0.05) is 17.7 Å². The summed E-state index contributed by atoms with van der Waals surface area (Å²) in [7, 11) is 0. The van der Waals surface area contributed by atoms with Gasteiger partial charge in [0.05, 0.1) is 17.1 Å². The molecule has 0 saturated carbocycles. The van der Waals surface area contributed by atoms with Crippen molar-refractivity contribution in [3.8, 4) is 5.69 Å². The summed E-state index contributed by atoms with van der Waals surface area (Å²) in [6.45, 7) is 3.53. The molecule has 0 amide bonds. The lowest BCUT2D eigenvalue weighted by molar-refractivity contribution is -0.139. The average molecular weight is 376 g/mol. The van der Waals surface area contributed by atoms with Gasteiger partial charge in [0.25, 0.3) is 0 Å². The van der Waals surface area contributed by atoms with Gasteiger partial charge in [-0.05, 0) is 44.2 Å². The molecular formula is C18H15ClFN3O3. The van der Waals surface area contributed by atoms with Crippen molar-refractivity contribution in [1.82, 2.24) is 14.9 Å². The molecule has 0 fully saturated rings. The largest absolute Gasteiger partial charge is 0.454 e. The normalized spacial score (nSPS) is 11.2. The summed E-state index contributed by atoms with van der Waals surface area (Å²) in [5, 5.41) is 8.34. The standard InChI is InChI=1S/C18H15ClFN3O3/c1-11-9-15(26-22-11)10-25-17(24)8-7-16-12(2)21-23(18(16)19)14-5-3-13(20)4-6-14/h3-9H,10H2,1-2H3/b8-7+. The molecule has 2 heterocycles. The summed E-state index contributed by atoms with van der Waals surface area (Å²) in [5.74, 6) is -0.440. The Bertz CT molecular complexity index is 961. The van der Waals surface area contributed by atoms with Crippen LogP contribution >= 0.6 is 11.6 Å². The van der Waals surface area contributed by atoms with Crippen LogP contribution in [0.25, 0.3) is 11.8 Å². The van der Waals surface area contributed by atoms with E-state index in [1.54, 1.807) is 32.0 Å². The zero-order valence-corrected chi connectivity index (χ0v) is 14.8. The molecule has 0 aliphatic rings. The molecule has 3 aromatic rings. The quantitative estimate of drug-likeness (QED) is 0.497. The van der Waals surface area contributed by atoms with Crippen molar-refractivity contribution in [2.45, 2.75) is 20.5 Å². The number of aryl methyl sites for hydroxylation is 2. The number of halogens is 2. The van der Waals surface area contributed by atoms with Gasteiger partial charge in [-0.15, -0.1) is 0 Å². The summed E-state index contributed by atoms with van der Waals surface area (Å²) in [6.07, 6.45) is 2.78. The van der Waals surface area contributed by atoms with Crippen LogP contribution in [-0.4, -0.2) is 20.9 Å². The van der Waals surface area contributed by atoms with Crippen LogP contribution < -0.4 is 0 Å². The summed E-state index contributed by atoms with van der Waals surface area (Å²) in [5.41, 5.74) is 2.52. The van der Waals surface area contributed by atoms with Gasteiger partial charge in [0.1, 0.15) is 11.0 Å². The van der Waals surface area contributed by atoms with Crippen LogP contribution in [0.1, 0.15) is 22.7 Å². The van der Waals surface area contributed by atoms with E-state index in [9.17, 15) is 9.18 Å². The fraction of sp³-hybridized carbons (Fsp3) is 0.167. The number of carbonyl (C=O) groups excluding carboxylic acids is 1. The Balaban J connectivity index is 1.72. The van der Waals surface area contributed by atoms with Crippen LogP contribution in [0, 0.1) is 19.7 Å². The van der Waals surface area contributed by atoms with Gasteiger partial charge in [-0.25, -0.2) is 13.9 Å². The Morgan fingerprint density at radius 2 is 2.08 bits per heavy atom. The molecule has 1 aromatic carbocycles. The zero-order valence-electron chi connectivity index (χ0n) is 14.1. The summed E-state index contributed by atoms with van der Waals surface area (Å²) < 4.78 is 24.6. The molecule has 6 nitrogen and oxygen atoms in total. The third kappa shape index (κ3) is 4.00. The molecule has 0 aliphatic carbocycles. The van der Waals surface area contributed by atoms with Crippen molar-refractivity contribution < 1.29 is 18.4 Å². The summed E-state index contributed by atoms with van der Waals surface area (Å²) in [6, 6.07) is 7.45. The number of hydrogen-bond acceptors (Lipinski definition) is 5. The van der Waals surface area contributed by atoms with Crippen LogP contribution in [0.2, 0.25) is 5.15 Å². The minimum atomic E-state index is -0.552. The number of ether oxygens (including phenoxy) is 1. The van der Waals surface area contributed by atoms with E-state index in [-0.39, 0.29) is 12.4 Å². The number of aromatic nitrogens is 3. The predicted molar refractivity (Wildman–Crippen MR) is 93.3 cm³/mol. The molecule has 8 heteroatoms. The van der Waals surface area contributed by atoms with E-state index in [1.165, 1.54) is 29.0 Å². The van der Waals surface area contributed by atoms with Crippen molar-refractivity contribution in [1.29, 1.82) is 0 Å². The zero-order chi connectivity index (χ0) is 18.7. The first-order chi connectivity index (χ1) is 12.4. The monoisotopic (exact) mass is 375 g/mol. The van der Waals surface area contributed by atoms with Crippen molar-refractivity contribution in [2.75, 3.05) is 0 Å². The topological polar surface area (TPSA) is 70.2 Å². The van der Waals surface area contributed by atoms with Gasteiger partial charge in [0.2, 0.25) is 0 Å². The first-order valence-corrected chi connectivity index (χ1v) is 8.10. The number of rotatable bonds is 5. The maximum atomic E-state index is 13.1. The van der Waals surface area contributed by atoms with Gasteiger partial charge in [-0.2, -0.15) is 5.10 Å². The summed E-state index contributed by atoms with van der Waals surface area (Å²) in [4.78, 5) is 11.9. The van der Waals surface area contributed by atoms with E-state index in [1.807, 2.05) is 0 Å². The Morgan fingerprint density at radius 3 is 2.73 bits per heavy atom. The third-order valence-corrected chi connectivity index (χ3v) is 3.90. The SMILES string of the molecule is Cc1cc(COC(=O)/C=C/c2c(C)nn(-c3ccc(F)cc3)c2Cl)on1. The van der Waals surface area contributed by atoms with Gasteiger partial charge in [-0.1, -0.05) is 16.8 Å². The first-order valence-electron chi connectivity index (χ1n) is 7.72. The fourth-order valence-corrected chi connectivity index (χ4v) is 2.62. The van der Waals surface area contributed by atoms with E-state index in [0.29, 0.717) is 33.6 Å². The number of hydrogen-bond donors (Lipinski definition) is 0. The molecule has 0 N–H and O–H groups in total. The molecule has 0 bridgehead atoms. The predicted octanol–water partition coefficient (Wildman–Crippen LogP) is 4.03. The highest BCUT2D eigenvalue weighted by atomic mass is 35.5. The van der Waals surface area contributed by atoms with Crippen LogP contribution in [0.15, 0.2) is 40.9 Å². The Hall–Kier alpha value is -2.93. The van der Waals surface area contributed by atoms with Crippen LogP contribution in [-0.2, 0) is 16.1 Å². The minimum absolute atomic E-state index is 0.00836. The lowest BCUT2D eigenvalue weighted by Crippen LogP contribution is -2.00. The van der Waals surface area contributed by atoms with E-state index in [0.717, 1.165) is 0 Å². The lowest BCUT2D eigenvalue weighted by atomic mass is 10.2. The minimum Gasteiger partial charge on any atom is -0.454 e. The van der Waals surface area contributed by atoms with E-state index in [2.05, 4.69) is 10.3 Å². The van der Waals surface area contributed by atoms with Gasteiger partial charge < -0.3 is 9.26 Å². The van der Waals surface area contributed by atoms with E-state index < -0.39 is 5.97 Å². The molecule has 0 atom stereocenters. The molecule has 0 spiro atoms. The van der Waals surface area contributed by atoms with Crippen molar-refractivity contribution >= 4 is 23.6 Å². The molecule has 3 rings (SSSR count). The van der Waals surface area contributed by atoms with Gasteiger partial charge in [-0.3, -0.25) is 0 Å². The Morgan fingerprint density at radius 1 is 1.35 bits per heavy atom. The number of carbonyl (C=O) groups is 1. The number of nitrogens with zero attached hydrogens (tertiary/aromatic N) is 3.